The zero-order valence-electron chi connectivity index (χ0n) is 12.7. The third-order valence-electron chi connectivity index (χ3n) is 3.54. The molecule has 1 unspecified atom stereocenters. The first kappa shape index (κ1) is 15.6. The van der Waals surface area contributed by atoms with Crippen LogP contribution in [0.3, 0.4) is 0 Å². The van der Waals surface area contributed by atoms with Crippen LogP contribution in [0.1, 0.15) is 33.6 Å². The van der Waals surface area contributed by atoms with Crippen molar-refractivity contribution in [1.29, 1.82) is 0 Å². The van der Waals surface area contributed by atoms with Crippen molar-refractivity contribution < 1.29 is 14.4 Å². The molecule has 1 aromatic rings. The highest BCUT2D eigenvalue weighted by atomic mass is 16.6. The topological polar surface area (TPSA) is 73.6 Å². The number of rotatable bonds is 5. The number of hydrogen-bond donors (Lipinski definition) is 1. The molecule has 0 aromatic heterocycles. The Balaban J connectivity index is 2.23. The molecule has 1 aliphatic heterocycles. The van der Waals surface area contributed by atoms with Crippen molar-refractivity contribution in [3.05, 3.63) is 28.3 Å². The van der Waals surface area contributed by atoms with Gasteiger partial charge in [-0.2, -0.15) is 0 Å². The van der Waals surface area contributed by atoms with Crippen LogP contribution in [0.25, 0.3) is 0 Å². The number of nitro benzene ring substituents is 1. The van der Waals surface area contributed by atoms with Crippen LogP contribution >= 0.6 is 0 Å². The Morgan fingerprint density at radius 2 is 2.29 bits per heavy atom. The summed E-state index contributed by atoms with van der Waals surface area (Å²) < 4.78 is 11.0. The second kappa shape index (κ2) is 6.30. The number of ether oxygens (including phenoxy) is 2. The van der Waals surface area contributed by atoms with Crippen molar-refractivity contribution in [2.45, 2.75) is 45.3 Å². The van der Waals surface area contributed by atoms with E-state index in [4.69, 9.17) is 9.47 Å². The van der Waals surface area contributed by atoms with E-state index in [1.165, 1.54) is 0 Å². The van der Waals surface area contributed by atoms with Crippen molar-refractivity contribution in [1.82, 2.24) is 0 Å². The van der Waals surface area contributed by atoms with Gasteiger partial charge in [0.15, 0.2) is 5.75 Å². The third kappa shape index (κ3) is 3.85. The lowest BCUT2D eigenvalue weighted by Crippen LogP contribution is -2.40. The monoisotopic (exact) mass is 294 g/mol. The maximum Gasteiger partial charge on any atom is 0.333 e. The molecule has 1 heterocycles. The summed E-state index contributed by atoms with van der Waals surface area (Å²) in [4.78, 5) is 11.0. The van der Waals surface area contributed by atoms with E-state index >= 15 is 0 Å². The van der Waals surface area contributed by atoms with Gasteiger partial charge in [0.05, 0.1) is 17.1 Å². The minimum Gasteiger partial charge on any atom is -0.487 e. The summed E-state index contributed by atoms with van der Waals surface area (Å²) in [6, 6.07) is 5.28. The van der Waals surface area contributed by atoms with E-state index in [1.807, 2.05) is 20.8 Å². The highest BCUT2D eigenvalue weighted by molar-refractivity contribution is 5.68. The van der Waals surface area contributed by atoms with Gasteiger partial charge >= 0.3 is 5.69 Å². The van der Waals surface area contributed by atoms with Crippen molar-refractivity contribution in [3.8, 4) is 5.75 Å². The van der Waals surface area contributed by atoms with Gasteiger partial charge in [0.1, 0.15) is 5.69 Å². The average molecular weight is 294 g/mol. The Morgan fingerprint density at radius 3 is 2.90 bits per heavy atom. The fourth-order valence-corrected chi connectivity index (χ4v) is 2.67. The number of hydrogen-bond acceptors (Lipinski definition) is 5. The molecule has 0 spiro atoms. The predicted molar refractivity (Wildman–Crippen MR) is 80.9 cm³/mol. The molecule has 0 saturated carbocycles. The highest BCUT2D eigenvalue weighted by Gasteiger charge is 2.30. The van der Waals surface area contributed by atoms with E-state index in [1.54, 1.807) is 18.2 Å². The molecule has 1 aliphatic rings. The maximum atomic E-state index is 11.3. The normalized spacial score (nSPS) is 20.8. The van der Waals surface area contributed by atoms with Gasteiger partial charge in [-0.05, 0) is 45.7 Å². The van der Waals surface area contributed by atoms with Crippen LogP contribution < -0.4 is 10.1 Å². The molecule has 0 aliphatic carbocycles. The molecular formula is C15H22N2O4. The van der Waals surface area contributed by atoms with Crippen molar-refractivity contribution >= 4 is 11.4 Å². The highest BCUT2D eigenvalue weighted by Crippen LogP contribution is 2.36. The van der Waals surface area contributed by atoms with Gasteiger partial charge in [-0.25, -0.2) is 0 Å². The molecule has 0 amide bonds. The zero-order valence-corrected chi connectivity index (χ0v) is 12.7. The predicted octanol–water partition coefficient (Wildman–Crippen LogP) is 3.36. The molecule has 1 N–H and O–H groups in total. The molecule has 0 radical (unpaired) electrons. The summed E-state index contributed by atoms with van der Waals surface area (Å²) in [5.74, 6) is 0.304. The first-order valence-corrected chi connectivity index (χ1v) is 7.23. The average Bonchev–Trinajstić information content (AvgIpc) is 2.37. The van der Waals surface area contributed by atoms with E-state index in [-0.39, 0.29) is 17.3 Å². The Morgan fingerprint density at radius 1 is 1.52 bits per heavy atom. The van der Waals surface area contributed by atoms with Crippen molar-refractivity contribution in [3.63, 3.8) is 0 Å². The zero-order chi connectivity index (χ0) is 15.5. The molecule has 1 aromatic carbocycles. The van der Waals surface area contributed by atoms with Gasteiger partial charge in [-0.15, -0.1) is 0 Å². The summed E-state index contributed by atoms with van der Waals surface area (Å²) >= 11 is 0. The summed E-state index contributed by atoms with van der Waals surface area (Å²) in [6.45, 7) is 6.93. The Kier molecular flexibility index (Phi) is 4.67. The molecular weight excluding hydrogens is 272 g/mol. The van der Waals surface area contributed by atoms with Gasteiger partial charge in [0, 0.05) is 12.6 Å². The molecule has 1 atom stereocenters. The van der Waals surface area contributed by atoms with Crippen LogP contribution in [-0.2, 0) is 4.74 Å². The van der Waals surface area contributed by atoms with Crippen LogP contribution in [0.5, 0.6) is 5.75 Å². The van der Waals surface area contributed by atoms with Crippen LogP contribution in [0, 0.1) is 10.1 Å². The van der Waals surface area contributed by atoms with E-state index in [2.05, 4.69) is 5.32 Å². The minimum atomic E-state index is -0.391. The van der Waals surface area contributed by atoms with Crippen LogP contribution in [0.4, 0.5) is 11.4 Å². The van der Waals surface area contributed by atoms with Crippen molar-refractivity contribution in [2.24, 2.45) is 0 Å². The first-order valence-electron chi connectivity index (χ1n) is 7.23. The number of nitrogens with one attached hydrogen (secondary N) is 1. The fourth-order valence-electron chi connectivity index (χ4n) is 2.67. The lowest BCUT2D eigenvalue weighted by atomic mass is 9.93. The number of nitro groups is 1. The van der Waals surface area contributed by atoms with E-state index < -0.39 is 4.92 Å². The molecule has 2 rings (SSSR count). The Bertz CT molecular complexity index is 516. The largest absolute Gasteiger partial charge is 0.487 e. The van der Waals surface area contributed by atoms with Gasteiger partial charge in [0.25, 0.3) is 0 Å². The van der Waals surface area contributed by atoms with Gasteiger partial charge in [0.2, 0.25) is 0 Å². The fraction of sp³-hybridized carbons (Fsp3) is 0.600. The summed E-state index contributed by atoms with van der Waals surface area (Å²) in [5, 5.41) is 14.6. The first-order chi connectivity index (χ1) is 9.93. The van der Waals surface area contributed by atoms with Gasteiger partial charge in [-0.1, -0.05) is 6.07 Å². The van der Waals surface area contributed by atoms with Crippen LogP contribution in [0.2, 0.25) is 0 Å². The number of nitrogens with zero attached hydrogens (tertiary/aromatic N) is 1. The molecule has 21 heavy (non-hydrogen) atoms. The van der Waals surface area contributed by atoms with Crippen LogP contribution in [0.15, 0.2) is 18.2 Å². The second-order valence-corrected chi connectivity index (χ2v) is 5.78. The summed E-state index contributed by atoms with van der Waals surface area (Å²) in [5.41, 5.74) is 0.305. The second-order valence-electron chi connectivity index (χ2n) is 5.78. The lowest BCUT2D eigenvalue weighted by Gasteiger charge is -2.36. The molecule has 6 heteroatoms. The number of para-hydroxylation sites is 1. The molecule has 1 saturated heterocycles. The van der Waals surface area contributed by atoms with E-state index in [0.717, 1.165) is 12.8 Å². The van der Waals surface area contributed by atoms with Crippen molar-refractivity contribution in [2.75, 3.05) is 18.5 Å². The van der Waals surface area contributed by atoms with Gasteiger partial charge in [-0.3, -0.25) is 10.1 Å². The van der Waals surface area contributed by atoms with E-state index in [0.29, 0.717) is 24.7 Å². The smallest absolute Gasteiger partial charge is 0.333 e. The molecule has 116 valence electrons. The summed E-state index contributed by atoms with van der Waals surface area (Å²) in [6.07, 6.45) is 1.64. The SMILES string of the molecule is CCOc1cccc(NC2CCOC(C)(C)C2)c1[N+](=O)[O-]. The van der Waals surface area contributed by atoms with E-state index in [9.17, 15) is 10.1 Å². The Labute approximate surface area is 124 Å². The van der Waals surface area contributed by atoms with Crippen LogP contribution in [-0.4, -0.2) is 29.8 Å². The number of anilines is 1. The summed E-state index contributed by atoms with van der Waals surface area (Å²) in [7, 11) is 0. The van der Waals surface area contributed by atoms with Gasteiger partial charge < -0.3 is 14.8 Å². The Hall–Kier alpha value is -1.82. The minimum absolute atomic E-state index is 0.00338. The quantitative estimate of drug-likeness (QED) is 0.666. The molecule has 0 bridgehead atoms. The standard InChI is InChI=1S/C15H22N2O4/c1-4-20-13-7-5-6-12(14(13)17(18)19)16-11-8-9-21-15(2,3)10-11/h5-7,11,16H,4,8-10H2,1-3H3. The molecule has 1 fully saturated rings. The maximum absolute atomic E-state index is 11.3. The molecule has 6 nitrogen and oxygen atoms in total. The lowest BCUT2D eigenvalue weighted by molar-refractivity contribution is -0.385. The number of benzene rings is 1. The third-order valence-corrected chi connectivity index (χ3v) is 3.54.